The van der Waals surface area contributed by atoms with Crippen molar-refractivity contribution < 1.29 is 9.90 Å². The summed E-state index contributed by atoms with van der Waals surface area (Å²) < 4.78 is 0. The molecule has 0 bridgehead atoms. The molecule has 2 heteroatoms. The number of rotatable bonds is 3. The highest BCUT2D eigenvalue weighted by molar-refractivity contribution is 5.96. The lowest BCUT2D eigenvalue weighted by Crippen LogP contribution is -2.10. The number of aliphatic hydroxyl groups excluding tert-OH is 1. The van der Waals surface area contributed by atoms with Crippen LogP contribution in [0.25, 0.3) is 0 Å². The van der Waals surface area contributed by atoms with Crippen LogP contribution in [0.3, 0.4) is 0 Å². The Morgan fingerprint density at radius 1 is 1.46 bits per heavy atom. The lowest BCUT2D eigenvalue weighted by Gasteiger charge is -2.01. The van der Waals surface area contributed by atoms with Crippen LogP contribution in [-0.2, 0) is 0 Å². The Balaban J connectivity index is 2.66. The predicted octanol–water partition coefficient (Wildman–Crippen LogP) is 1.25. The SMILES string of the molecule is C#C[C@H](O)CC(=O)c1ccccc1. The van der Waals surface area contributed by atoms with E-state index in [0.29, 0.717) is 5.56 Å². The van der Waals surface area contributed by atoms with Gasteiger partial charge in [-0.3, -0.25) is 4.79 Å². The maximum absolute atomic E-state index is 11.4. The summed E-state index contributed by atoms with van der Waals surface area (Å²) in [5.74, 6) is 1.97. The second-order valence-corrected chi connectivity index (χ2v) is 2.68. The zero-order chi connectivity index (χ0) is 9.68. The number of aliphatic hydroxyl groups is 1. The smallest absolute Gasteiger partial charge is 0.166 e. The fourth-order valence-corrected chi connectivity index (χ4v) is 0.976. The number of terminal acetylenes is 1. The Bertz CT molecular complexity index is 322. The van der Waals surface area contributed by atoms with E-state index in [2.05, 4.69) is 5.92 Å². The lowest BCUT2D eigenvalue weighted by atomic mass is 10.1. The van der Waals surface area contributed by atoms with E-state index in [-0.39, 0.29) is 12.2 Å². The third-order valence-electron chi connectivity index (χ3n) is 1.67. The molecule has 0 saturated carbocycles. The molecule has 1 atom stereocenters. The average molecular weight is 174 g/mol. The van der Waals surface area contributed by atoms with Crippen molar-refractivity contribution in [2.45, 2.75) is 12.5 Å². The molecule has 0 radical (unpaired) electrons. The highest BCUT2D eigenvalue weighted by atomic mass is 16.3. The van der Waals surface area contributed by atoms with Gasteiger partial charge in [-0.1, -0.05) is 36.3 Å². The summed E-state index contributed by atoms with van der Waals surface area (Å²) in [6, 6.07) is 8.77. The third-order valence-corrected chi connectivity index (χ3v) is 1.67. The van der Waals surface area contributed by atoms with Gasteiger partial charge in [-0.25, -0.2) is 0 Å². The Kier molecular flexibility index (Phi) is 3.24. The van der Waals surface area contributed by atoms with Crippen LogP contribution < -0.4 is 0 Å². The second-order valence-electron chi connectivity index (χ2n) is 2.68. The standard InChI is InChI=1S/C11H10O2/c1-2-10(12)8-11(13)9-6-4-3-5-7-9/h1,3-7,10,12H,8H2/t10-/m0/s1. The van der Waals surface area contributed by atoms with Crippen molar-refractivity contribution in [2.75, 3.05) is 0 Å². The highest BCUT2D eigenvalue weighted by Gasteiger charge is 2.09. The first kappa shape index (κ1) is 9.50. The van der Waals surface area contributed by atoms with Crippen LogP contribution >= 0.6 is 0 Å². The number of Topliss-reactive ketones (excluding diaryl/α,β-unsaturated/α-hetero) is 1. The maximum Gasteiger partial charge on any atom is 0.166 e. The van der Waals surface area contributed by atoms with Gasteiger partial charge in [-0.15, -0.1) is 6.42 Å². The molecule has 0 aliphatic carbocycles. The molecule has 0 fully saturated rings. The van der Waals surface area contributed by atoms with Gasteiger partial charge in [-0.2, -0.15) is 0 Å². The Morgan fingerprint density at radius 2 is 2.08 bits per heavy atom. The third kappa shape index (κ3) is 2.73. The molecular formula is C11H10O2. The van der Waals surface area contributed by atoms with Crippen LogP contribution in [0.2, 0.25) is 0 Å². The first-order valence-corrected chi connectivity index (χ1v) is 3.96. The summed E-state index contributed by atoms with van der Waals surface area (Å²) in [5.41, 5.74) is 0.580. The topological polar surface area (TPSA) is 37.3 Å². The molecule has 1 aromatic rings. The molecule has 1 rings (SSSR count). The van der Waals surface area contributed by atoms with Crippen molar-refractivity contribution >= 4 is 5.78 Å². The Hall–Kier alpha value is -1.59. The molecule has 1 aromatic carbocycles. The first-order valence-electron chi connectivity index (χ1n) is 3.96. The molecule has 0 saturated heterocycles. The minimum Gasteiger partial charge on any atom is -0.380 e. The molecule has 0 aliphatic rings. The Labute approximate surface area is 77.2 Å². The van der Waals surface area contributed by atoms with Gasteiger partial charge in [0, 0.05) is 12.0 Å². The number of hydrogen-bond donors (Lipinski definition) is 1. The van der Waals surface area contributed by atoms with Crippen molar-refractivity contribution in [3.63, 3.8) is 0 Å². The van der Waals surface area contributed by atoms with Gasteiger partial charge in [0.05, 0.1) is 0 Å². The predicted molar refractivity (Wildman–Crippen MR) is 50.2 cm³/mol. The van der Waals surface area contributed by atoms with Crippen LogP contribution in [-0.4, -0.2) is 17.0 Å². The van der Waals surface area contributed by atoms with E-state index in [0.717, 1.165) is 0 Å². The number of hydrogen-bond acceptors (Lipinski definition) is 2. The van der Waals surface area contributed by atoms with E-state index < -0.39 is 6.10 Å². The van der Waals surface area contributed by atoms with Crippen LogP contribution in [0.4, 0.5) is 0 Å². The Morgan fingerprint density at radius 3 is 2.62 bits per heavy atom. The largest absolute Gasteiger partial charge is 0.380 e. The summed E-state index contributed by atoms with van der Waals surface area (Å²) in [4.78, 5) is 11.4. The first-order chi connectivity index (χ1) is 6.24. The van der Waals surface area contributed by atoms with Crippen LogP contribution in [0.1, 0.15) is 16.8 Å². The zero-order valence-electron chi connectivity index (χ0n) is 7.10. The molecule has 0 aromatic heterocycles. The molecule has 0 aliphatic heterocycles. The van der Waals surface area contributed by atoms with Gasteiger partial charge in [0.1, 0.15) is 6.10 Å². The monoisotopic (exact) mass is 174 g/mol. The van der Waals surface area contributed by atoms with Crippen molar-refractivity contribution in [2.24, 2.45) is 0 Å². The van der Waals surface area contributed by atoms with E-state index >= 15 is 0 Å². The van der Waals surface area contributed by atoms with Crippen molar-refractivity contribution in [3.05, 3.63) is 35.9 Å². The van der Waals surface area contributed by atoms with Gasteiger partial charge in [0.25, 0.3) is 0 Å². The fraction of sp³-hybridized carbons (Fsp3) is 0.182. The maximum atomic E-state index is 11.4. The van der Waals surface area contributed by atoms with Crippen molar-refractivity contribution in [1.82, 2.24) is 0 Å². The molecular weight excluding hydrogens is 164 g/mol. The van der Waals surface area contributed by atoms with Gasteiger partial charge >= 0.3 is 0 Å². The van der Waals surface area contributed by atoms with Gasteiger partial charge in [0.15, 0.2) is 5.78 Å². The normalized spacial score (nSPS) is 11.7. The molecule has 1 N–H and O–H groups in total. The number of carbonyl (C=O) groups excluding carboxylic acids is 1. The van der Waals surface area contributed by atoms with E-state index in [9.17, 15) is 4.79 Å². The fourth-order valence-electron chi connectivity index (χ4n) is 0.976. The van der Waals surface area contributed by atoms with Crippen LogP contribution in [0, 0.1) is 12.3 Å². The molecule has 13 heavy (non-hydrogen) atoms. The minimum absolute atomic E-state index is 0.0134. The summed E-state index contributed by atoms with van der Waals surface area (Å²) in [7, 11) is 0. The van der Waals surface area contributed by atoms with Gasteiger partial charge < -0.3 is 5.11 Å². The minimum atomic E-state index is -0.979. The number of ketones is 1. The highest BCUT2D eigenvalue weighted by Crippen LogP contribution is 2.04. The summed E-state index contributed by atoms with van der Waals surface area (Å²) in [6.45, 7) is 0. The molecule has 0 unspecified atom stereocenters. The van der Waals surface area contributed by atoms with Gasteiger partial charge in [-0.05, 0) is 0 Å². The van der Waals surface area contributed by atoms with E-state index in [1.807, 2.05) is 6.07 Å². The van der Waals surface area contributed by atoms with E-state index in [1.54, 1.807) is 24.3 Å². The second kappa shape index (κ2) is 4.44. The van der Waals surface area contributed by atoms with E-state index in [1.165, 1.54) is 0 Å². The molecule has 2 nitrogen and oxygen atoms in total. The van der Waals surface area contributed by atoms with E-state index in [4.69, 9.17) is 11.5 Å². The summed E-state index contributed by atoms with van der Waals surface area (Å²) in [5, 5.41) is 9.03. The molecule has 0 amide bonds. The molecule has 0 spiro atoms. The number of benzene rings is 1. The van der Waals surface area contributed by atoms with Crippen molar-refractivity contribution in [1.29, 1.82) is 0 Å². The summed E-state index contributed by atoms with van der Waals surface area (Å²) in [6.07, 6.45) is 3.95. The zero-order valence-corrected chi connectivity index (χ0v) is 7.10. The number of carbonyl (C=O) groups is 1. The molecule has 66 valence electrons. The van der Waals surface area contributed by atoms with Crippen LogP contribution in [0.15, 0.2) is 30.3 Å². The van der Waals surface area contributed by atoms with Gasteiger partial charge in [0.2, 0.25) is 0 Å². The summed E-state index contributed by atoms with van der Waals surface area (Å²) >= 11 is 0. The molecule has 0 heterocycles. The quantitative estimate of drug-likeness (QED) is 0.553. The van der Waals surface area contributed by atoms with Crippen LogP contribution in [0.5, 0.6) is 0 Å². The van der Waals surface area contributed by atoms with Crippen molar-refractivity contribution in [3.8, 4) is 12.3 Å². The average Bonchev–Trinajstić information content (AvgIpc) is 2.19. The lowest BCUT2D eigenvalue weighted by molar-refractivity contribution is 0.0928.